The van der Waals surface area contributed by atoms with Crippen molar-refractivity contribution >= 4 is 0 Å². The largest absolute Gasteiger partial charge is 0.284 e. The molecule has 1 atom stereocenters. The van der Waals surface area contributed by atoms with Gasteiger partial charge in [-0.15, -0.1) is 0 Å². The molecule has 2 nitrogen and oxygen atoms in total. The van der Waals surface area contributed by atoms with E-state index >= 15 is 0 Å². The highest BCUT2D eigenvalue weighted by Gasteiger charge is 2.12. The SMILES string of the molecule is CCN(CC#N)C(C)c1ccccc1. The van der Waals surface area contributed by atoms with E-state index in [0.29, 0.717) is 12.6 Å². The van der Waals surface area contributed by atoms with E-state index in [4.69, 9.17) is 5.26 Å². The van der Waals surface area contributed by atoms with E-state index in [-0.39, 0.29) is 0 Å². The molecule has 0 spiro atoms. The van der Waals surface area contributed by atoms with Crippen molar-refractivity contribution in [1.82, 2.24) is 4.90 Å². The van der Waals surface area contributed by atoms with Crippen LogP contribution in [0, 0.1) is 11.3 Å². The summed E-state index contributed by atoms with van der Waals surface area (Å²) in [5, 5.41) is 8.67. The minimum atomic E-state index is 0.320. The summed E-state index contributed by atoms with van der Waals surface area (Å²) in [5.41, 5.74) is 1.27. The first-order valence-electron chi connectivity index (χ1n) is 4.95. The third-order valence-electron chi connectivity index (χ3n) is 2.51. The van der Waals surface area contributed by atoms with Gasteiger partial charge in [-0.25, -0.2) is 0 Å². The van der Waals surface area contributed by atoms with E-state index < -0.39 is 0 Å². The molecule has 14 heavy (non-hydrogen) atoms. The average Bonchev–Trinajstić information content (AvgIpc) is 2.26. The fraction of sp³-hybridized carbons (Fsp3) is 0.417. The first-order chi connectivity index (χ1) is 6.79. The van der Waals surface area contributed by atoms with Crippen LogP contribution in [0.4, 0.5) is 0 Å². The summed E-state index contributed by atoms with van der Waals surface area (Å²) in [6.07, 6.45) is 0. The topological polar surface area (TPSA) is 27.0 Å². The highest BCUT2D eigenvalue weighted by molar-refractivity contribution is 5.18. The number of hydrogen-bond acceptors (Lipinski definition) is 2. The van der Waals surface area contributed by atoms with Crippen LogP contribution in [-0.4, -0.2) is 18.0 Å². The summed E-state index contributed by atoms with van der Waals surface area (Å²) in [6.45, 7) is 5.61. The van der Waals surface area contributed by atoms with E-state index in [0.717, 1.165) is 6.54 Å². The predicted molar refractivity (Wildman–Crippen MR) is 57.7 cm³/mol. The zero-order chi connectivity index (χ0) is 10.4. The maximum absolute atomic E-state index is 8.67. The van der Waals surface area contributed by atoms with Crippen molar-refractivity contribution in [3.05, 3.63) is 35.9 Å². The maximum atomic E-state index is 8.67. The van der Waals surface area contributed by atoms with Crippen LogP contribution in [0.15, 0.2) is 30.3 Å². The Morgan fingerprint density at radius 1 is 1.36 bits per heavy atom. The number of nitrogens with zero attached hydrogens (tertiary/aromatic N) is 2. The second kappa shape index (κ2) is 5.41. The molecule has 0 saturated carbocycles. The molecule has 0 heterocycles. The molecule has 0 fully saturated rings. The van der Waals surface area contributed by atoms with Crippen molar-refractivity contribution in [2.45, 2.75) is 19.9 Å². The summed E-state index contributed by atoms with van der Waals surface area (Å²) in [7, 11) is 0. The van der Waals surface area contributed by atoms with Gasteiger partial charge in [-0.05, 0) is 19.0 Å². The maximum Gasteiger partial charge on any atom is 0.0870 e. The first-order valence-corrected chi connectivity index (χ1v) is 4.95. The number of rotatable bonds is 4. The molecule has 0 radical (unpaired) electrons. The Hall–Kier alpha value is -1.33. The first kappa shape index (κ1) is 10.7. The molecule has 1 aromatic carbocycles. The van der Waals surface area contributed by atoms with Gasteiger partial charge in [0.2, 0.25) is 0 Å². The van der Waals surface area contributed by atoms with Gasteiger partial charge in [0, 0.05) is 6.04 Å². The quantitative estimate of drug-likeness (QED) is 0.679. The van der Waals surface area contributed by atoms with Crippen LogP contribution in [0.25, 0.3) is 0 Å². The smallest absolute Gasteiger partial charge is 0.0870 e. The zero-order valence-corrected chi connectivity index (χ0v) is 8.77. The Balaban J connectivity index is 2.73. The summed E-state index contributed by atoms with van der Waals surface area (Å²) >= 11 is 0. The highest BCUT2D eigenvalue weighted by atomic mass is 15.1. The molecule has 0 amide bonds. The number of hydrogen-bond donors (Lipinski definition) is 0. The molecule has 2 heteroatoms. The average molecular weight is 188 g/mol. The molecule has 0 saturated heterocycles. The van der Waals surface area contributed by atoms with Crippen molar-refractivity contribution in [2.24, 2.45) is 0 Å². The summed E-state index contributed by atoms with van der Waals surface area (Å²) < 4.78 is 0. The van der Waals surface area contributed by atoms with Crippen LogP contribution in [0.1, 0.15) is 25.5 Å². The lowest BCUT2D eigenvalue weighted by molar-refractivity contribution is 0.250. The molecule has 0 aliphatic rings. The van der Waals surface area contributed by atoms with Gasteiger partial charge >= 0.3 is 0 Å². The van der Waals surface area contributed by atoms with E-state index in [1.54, 1.807) is 0 Å². The number of nitriles is 1. The molecule has 0 N–H and O–H groups in total. The molecule has 0 aliphatic heterocycles. The molecule has 1 aromatic rings. The third kappa shape index (κ3) is 2.58. The summed E-state index contributed by atoms with van der Waals surface area (Å²) in [6, 6.07) is 12.8. The van der Waals surface area contributed by atoms with Crippen LogP contribution < -0.4 is 0 Å². The fourth-order valence-corrected chi connectivity index (χ4v) is 1.56. The molecular formula is C12H16N2. The summed E-state index contributed by atoms with van der Waals surface area (Å²) in [5.74, 6) is 0. The van der Waals surface area contributed by atoms with Gasteiger partial charge in [0.1, 0.15) is 0 Å². The minimum Gasteiger partial charge on any atom is -0.284 e. The van der Waals surface area contributed by atoms with Crippen molar-refractivity contribution in [3.63, 3.8) is 0 Å². The Kier molecular flexibility index (Phi) is 4.15. The Morgan fingerprint density at radius 2 is 2.00 bits per heavy atom. The molecule has 0 aromatic heterocycles. The van der Waals surface area contributed by atoms with Gasteiger partial charge in [-0.2, -0.15) is 5.26 Å². The van der Waals surface area contributed by atoms with Crippen LogP contribution in [-0.2, 0) is 0 Å². The van der Waals surface area contributed by atoms with Crippen LogP contribution >= 0.6 is 0 Å². The molecule has 74 valence electrons. The predicted octanol–water partition coefficient (Wildman–Crippen LogP) is 2.59. The monoisotopic (exact) mass is 188 g/mol. The standard InChI is InChI=1S/C12H16N2/c1-3-14(10-9-13)11(2)12-7-5-4-6-8-12/h4-8,11H,3,10H2,1-2H3. The highest BCUT2D eigenvalue weighted by Crippen LogP contribution is 2.18. The van der Waals surface area contributed by atoms with E-state index in [2.05, 4.69) is 36.9 Å². The van der Waals surface area contributed by atoms with Gasteiger partial charge in [0.15, 0.2) is 0 Å². The van der Waals surface area contributed by atoms with Gasteiger partial charge in [0.25, 0.3) is 0 Å². The molecule has 1 rings (SSSR count). The van der Waals surface area contributed by atoms with Crippen molar-refractivity contribution in [1.29, 1.82) is 5.26 Å². The van der Waals surface area contributed by atoms with Gasteiger partial charge < -0.3 is 0 Å². The third-order valence-corrected chi connectivity index (χ3v) is 2.51. The van der Waals surface area contributed by atoms with E-state index in [1.807, 2.05) is 18.2 Å². The van der Waals surface area contributed by atoms with Crippen molar-refractivity contribution < 1.29 is 0 Å². The van der Waals surface area contributed by atoms with E-state index in [9.17, 15) is 0 Å². The second-order valence-corrected chi connectivity index (χ2v) is 3.31. The zero-order valence-electron chi connectivity index (χ0n) is 8.77. The Bertz CT molecular complexity index is 300. The van der Waals surface area contributed by atoms with Gasteiger partial charge in [-0.3, -0.25) is 4.90 Å². The van der Waals surface area contributed by atoms with Crippen molar-refractivity contribution in [2.75, 3.05) is 13.1 Å². The van der Waals surface area contributed by atoms with Crippen molar-refractivity contribution in [3.8, 4) is 6.07 Å². The Morgan fingerprint density at radius 3 is 2.50 bits per heavy atom. The van der Waals surface area contributed by atoms with Gasteiger partial charge in [0.05, 0.1) is 12.6 Å². The van der Waals surface area contributed by atoms with Crippen LogP contribution in [0.2, 0.25) is 0 Å². The lowest BCUT2D eigenvalue weighted by Crippen LogP contribution is -2.27. The lowest BCUT2D eigenvalue weighted by atomic mass is 10.1. The Labute approximate surface area is 85.8 Å². The molecule has 0 bridgehead atoms. The van der Waals surface area contributed by atoms with Crippen LogP contribution in [0.3, 0.4) is 0 Å². The normalized spacial score (nSPS) is 12.4. The molecule has 0 aliphatic carbocycles. The molecule has 1 unspecified atom stereocenters. The fourth-order valence-electron chi connectivity index (χ4n) is 1.56. The number of benzene rings is 1. The van der Waals surface area contributed by atoms with Gasteiger partial charge in [-0.1, -0.05) is 37.3 Å². The lowest BCUT2D eigenvalue weighted by Gasteiger charge is -2.25. The summed E-state index contributed by atoms with van der Waals surface area (Å²) in [4.78, 5) is 2.15. The second-order valence-electron chi connectivity index (χ2n) is 3.31. The van der Waals surface area contributed by atoms with Crippen LogP contribution in [0.5, 0.6) is 0 Å². The molecular weight excluding hydrogens is 172 g/mol. The van der Waals surface area contributed by atoms with E-state index in [1.165, 1.54) is 5.56 Å². The minimum absolute atomic E-state index is 0.320.